The fourth-order valence-electron chi connectivity index (χ4n) is 2.75. The summed E-state index contributed by atoms with van der Waals surface area (Å²) in [4.78, 5) is 21.6. The van der Waals surface area contributed by atoms with E-state index >= 15 is 0 Å². The van der Waals surface area contributed by atoms with Gasteiger partial charge >= 0.3 is 5.97 Å². The highest BCUT2D eigenvalue weighted by atomic mass is 79.9. The maximum Gasteiger partial charge on any atom is 0.338 e. The third-order valence-electron chi connectivity index (χ3n) is 3.88. The molecule has 0 saturated carbocycles. The lowest BCUT2D eigenvalue weighted by molar-refractivity contribution is -0.139. The highest BCUT2D eigenvalue weighted by molar-refractivity contribution is 9.10. The second kappa shape index (κ2) is 8.73. The van der Waals surface area contributed by atoms with Crippen LogP contribution in [-0.4, -0.2) is 35.1 Å². The fraction of sp³-hybridized carbons (Fsp3) is 0.278. The molecule has 0 bridgehead atoms. The van der Waals surface area contributed by atoms with Gasteiger partial charge in [-0.2, -0.15) is 0 Å². The van der Waals surface area contributed by atoms with Crippen LogP contribution in [-0.2, 0) is 9.53 Å². The number of esters is 1. The van der Waals surface area contributed by atoms with E-state index in [1.54, 1.807) is 19.2 Å². The maximum absolute atomic E-state index is 13.6. The number of benzene rings is 1. The van der Waals surface area contributed by atoms with E-state index in [4.69, 9.17) is 4.74 Å². The van der Waals surface area contributed by atoms with E-state index in [1.807, 2.05) is 5.38 Å². The van der Waals surface area contributed by atoms with Gasteiger partial charge in [-0.3, -0.25) is 4.99 Å². The minimum absolute atomic E-state index is 0.159. The Bertz CT molecular complexity index is 899. The highest BCUT2D eigenvalue weighted by Gasteiger charge is 2.33. The molecule has 27 heavy (non-hydrogen) atoms. The largest absolute Gasteiger partial charge is 0.463 e. The Hall–Kier alpha value is -2.10. The smallest absolute Gasteiger partial charge is 0.338 e. The van der Waals surface area contributed by atoms with Gasteiger partial charge in [-0.1, -0.05) is 22.0 Å². The van der Waals surface area contributed by atoms with Gasteiger partial charge in [-0.15, -0.1) is 11.3 Å². The van der Waals surface area contributed by atoms with E-state index in [0.717, 1.165) is 0 Å². The molecule has 0 spiro atoms. The van der Waals surface area contributed by atoms with E-state index in [1.165, 1.54) is 23.5 Å². The Kier molecular flexibility index (Phi) is 6.35. The van der Waals surface area contributed by atoms with Crippen LogP contribution in [0.15, 0.2) is 50.5 Å². The predicted octanol–water partition coefficient (Wildman–Crippen LogP) is 3.34. The van der Waals surface area contributed by atoms with Crippen molar-refractivity contribution in [3.63, 3.8) is 0 Å². The molecule has 0 amide bonds. The number of aliphatic hydroxyl groups excluding tert-OH is 1. The molecule has 1 aromatic heterocycles. The molecular weight excluding hydrogens is 437 g/mol. The lowest BCUT2D eigenvalue weighted by Gasteiger charge is -2.27. The van der Waals surface area contributed by atoms with Crippen molar-refractivity contribution in [3.8, 4) is 0 Å². The van der Waals surface area contributed by atoms with Crippen LogP contribution < -0.4 is 5.32 Å². The zero-order valence-electron chi connectivity index (χ0n) is 14.4. The van der Waals surface area contributed by atoms with Crippen molar-refractivity contribution < 1.29 is 19.0 Å². The van der Waals surface area contributed by atoms with Crippen molar-refractivity contribution >= 4 is 39.1 Å². The van der Waals surface area contributed by atoms with Crippen molar-refractivity contribution in [2.24, 2.45) is 4.99 Å². The van der Waals surface area contributed by atoms with Crippen molar-refractivity contribution in [1.29, 1.82) is 0 Å². The monoisotopic (exact) mass is 453 g/mol. The standard InChI is InChI=1S/C18H17BrFN3O3S/c1-2-26-18(25)14-13(5-7-24)22-16(17-21-6-8-27-17)23-15(14)11-4-3-10(20)9-12(11)19/h3-4,6,8-9,15,24H,2,5,7H2,1H3,(H,22,23). The SMILES string of the molecule is CCOC(=O)C1=C(CCO)NC(c2nccs2)=NC1c1ccc(F)cc1Br. The van der Waals surface area contributed by atoms with Gasteiger partial charge in [-0.05, 0) is 24.6 Å². The van der Waals surface area contributed by atoms with Crippen molar-refractivity contribution in [2.75, 3.05) is 13.2 Å². The maximum atomic E-state index is 13.6. The number of nitrogens with zero attached hydrogens (tertiary/aromatic N) is 2. The van der Waals surface area contributed by atoms with E-state index < -0.39 is 17.8 Å². The molecule has 6 nitrogen and oxygen atoms in total. The number of thiazole rings is 1. The molecule has 1 unspecified atom stereocenters. The number of aliphatic imine (C=N–C) groups is 1. The van der Waals surface area contributed by atoms with Gasteiger partial charge in [0.2, 0.25) is 0 Å². The Balaban J connectivity index is 2.16. The zero-order valence-corrected chi connectivity index (χ0v) is 16.8. The fourth-order valence-corrected chi connectivity index (χ4v) is 3.91. The van der Waals surface area contributed by atoms with Crippen molar-refractivity contribution in [1.82, 2.24) is 10.3 Å². The Morgan fingerprint density at radius 2 is 2.30 bits per heavy atom. The first-order valence-corrected chi connectivity index (χ1v) is 9.93. The minimum atomic E-state index is -0.722. The topological polar surface area (TPSA) is 83.8 Å². The number of carbonyl (C=O) groups is 1. The average molecular weight is 454 g/mol. The molecule has 0 saturated heterocycles. The molecule has 1 atom stereocenters. The molecule has 142 valence electrons. The molecule has 2 heterocycles. The van der Waals surface area contributed by atoms with Crippen molar-refractivity contribution in [2.45, 2.75) is 19.4 Å². The summed E-state index contributed by atoms with van der Waals surface area (Å²) in [6.45, 7) is 1.76. The Morgan fingerprint density at radius 1 is 1.48 bits per heavy atom. The van der Waals surface area contributed by atoms with Crippen LogP contribution >= 0.6 is 27.3 Å². The molecule has 1 aromatic carbocycles. The quantitative estimate of drug-likeness (QED) is 0.655. The third-order valence-corrected chi connectivity index (χ3v) is 5.34. The minimum Gasteiger partial charge on any atom is -0.463 e. The number of hydrogen-bond acceptors (Lipinski definition) is 7. The molecule has 9 heteroatoms. The summed E-state index contributed by atoms with van der Waals surface area (Å²) in [5, 5.41) is 15.0. The van der Waals surface area contributed by atoms with Gasteiger partial charge in [-0.25, -0.2) is 14.2 Å². The van der Waals surface area contributed by atoms with Gasteiger partial charge < -0.3 is 15.2 Å². The summed E-state index contributed by atoms with van der Waals surface area (Å²) in [5.41, 5.74) is 1.42. The number of aliphatic hydroxyl groups is 1. The third kappa shape index (κ3) is 4.26. The lowest BCUT2D eigenvalue weighted by Crippen LogP contribution is -2.34. The van der Waals surface area contributed by atoms with E-state index in [-0.39, 0.29) is 19.6 Å². The number of hydrogen-bond donors (Lipinski definition) is 2. The van der Waals surface area contributed by atoms with E-state index in [2.05, 4.69) is 31.2 Å². The number of ether oxygens (including phenoxy) is 1. The second-order valence-corrected chi connectivity index (χ2v) is 7.34. The summed E-state index contributed by atoms with van der Waals surface area (Å²) in [6, 6.07) is 3.49. The van der Waals surface area contributed by atoms with Crippen LogP contribution in [0.1, 0.15) is 30.0 Å². The number of nitrogens with one attached hydrogen (secondary N) is 1. The summed E-state index contributed by atoms with van der Waals surface area (Å²) in [7, 11) is 0. The molecule has 0 aliphatic carbocycles. The van der Waals surface area contributed by atoms with Gasteiger partial charge in [0.1, 0.15) is 11.9 Å². The first-order valence-electron chi connectivity index (χ1n) is 8.25. The Labute approximate surface area is 167 Å². The molecule has 1 aliphatic rings. The van der Waals surface area contributed by atoms with Crippen LogP contribution in [0.2, 0.25) is 0 Å². The highest BCUT2D eigenvalue weighted by Crippen LogP contribution is 2.37. The second-order valence-electron chi connectivity index (χ2n) is 5.59. The van der Waals surface area contributed by atoms with E-state index in [9.17, 15) is 14.3 Å². The molecule has 2 N–H and O–H groups in total. The predicted molar refractivity (Wildman–Crippen MR) is 104 cm³/mol. The summed E-state index contributed by atoms with van der Waals surface area (Å²) >= 11 is 4.76. The van der Waals surface area contributed by atoms with Gasteiger partial charge in [0, 0.05) is 34.8 Å². The van der Waals surface area contributed by atoms with Crippen LogP contribution in [0.4, 0.5) is 4.39 Å². The zero-order chi connectivity index (χ0) is 19.4. The van der Waals surface area contributed by atoms with Gasteiger partial charge in [0.25, 0.3) is 0 Å². The lowest BCUT2D eigenvalue weighted by atomic mass is 9.94. The molecule has 0 radical (unpaired) electrons. The summed E-state index contributed by atoms with van der Waals surface area (Å²) in [5.74, 6) is -0.444. The molecule has 3 rings (SSSR count). The van der Waals surface area contributed by atoms with Crippen LogP contribution in [0.3, 0.4) is 0 Å². The molecule has 1 aliphatic heterocycles. The summed E-state index contributed by atoms with van der Waals surface area (Å²) < 4.78 is 19.3. The van der Waals surface area contributed by atoms with Gasteiger partial charge in [0.05, 0.1) is 12.2 Å². The first-order chi connectivity index (χ1) is 13.0. The first kappa shape index (κ1) is 19.7. The van der Waals surface area contributed by atoms with Crippen LogP contribution in [0.25, 0.3) is 0 Å². The normalized spacial score (nSPS) is 16.7. The number of rotatable bonds is 6. The van der Waals surface area contributed by atoms with Crippen LogP contribution in [0.5, 0.6) is 0 Å². The molecule has 2 aromatic rings. The van der Waals surface area contributed by atoms with E-state index in [0.29, 0.717) is 32.1 Å². The number of halogens is 2. The van der Waals surface area contributed by atoms with Crippen LogP contribution in [0, 0.1) is 5.82 Å². The molecular formula is C18H17BrFN3O3S. The van der Waals surface area contributed by atoms with Gasteiger partial charge in [0.15, 0.2) is 10.8 Å². The Morgan fingerprint density at radius 3 is 2.93 bits per heavy atom. The average Bonchev–Trinajstić information content (AvgIpc) is 3.16. The summed E-state index contributed by atoms with van der Waals surface area (Å²) in [6.07, 6.45) is 1.87. The molecule has 0 fully saturated rings. The number of carbonyl (C=O) groups excluding carboxylic acids is 1. The number of aromatic nitrogens is 1. The number of amidine groups is 1. The van der Waals surface area contributed by atoms with Crippen molar-refractivity contribution in [3.05, 3.63) is 61.9 Å².